The first-order chi connectivity index (χ1) is 14.4. The number of carbonyl (C=O) groups is 2. The molecular formula is C17H20FN9O3. The molecule has 1 unspecified atom stereocenters. The number of aryl methyl sites for hydroxylation is 1. The standard InChI is InChI=1S/C17H20FN9O3/c1-11(28)19-8-13-9-26(17(29)30-13)12-3-4-15(14(18)7-12)25-5-6-27(20-10-25)16-21-22-23-24(16)2/h3-4,7,10,13H,5-6,8-9H2,1-2H3,(H,19,28). The predicted molar refractivity (Wildman–Crippen MR) is 105 cm³/mol. The number of carbonyl (C=O) groups excluding carboxylic acids is 2. The van der Waals surface area contributed by atoms with Gasteiger partial charge in [-0.1, -0.05) is 5.10 Å². The van der Waals surface area contributed by atoms with Crippen molar-refractivity contribution in [1.29, 1.82) is 0 Å². The number of amides is 2. The largest absolute Gasteiger partial charge is 0.442 e. The first-order valence-corrected chi connectivity index (χ1v) is 9.25. The molecule has 1 fully saturated rings. The van der Waals surface area contributed by atoms with Crippen LogP contribution < -0.4 is 20.1 Å². The molecule has 2 aromatic rings. The minimum absolute atomic E-state index is 0.208. The third kappa shape index (κ3) is 3.86. The molecule has 1 aromatic heterocycles. The summed E-state index contributed by atoms with van der Waals surface area (Å²) in [4.78, 5) is 26.2. The highest BCUT2D eigenvalue weighted by Gasteiger charge is 2.33. The van der Waals surface area contributed by atoms with E-state index in [2.05, 4.69) is 25.9 Å². The van der Waals surface area contributed by atoms with Crippen molar-refractivity contribution in [3.63, 3.8) is 0 Å². The Morgan fingerprint density at radius 3 is 2.83 bits per heavy atom. The Bertz CT molecular complexity index is 995. The lowest BCUT2D eigenvalue weighted by molar-refractivity contribution is -0.119. The van der Waals surface area contributed by atoms with Crippen molar-refractivity contribution < 1.29 is 18.7 Å². The molecule has 2 aliphatic rings. The number of tetrazole rings is 1. The summed E-state index contributed by atoms with van der Waals surface area (Å²) in [6.45, 7) is 2.76. The van der Waals surface area contributed by atoms with Crippen LogP contribution in [-0.2, 0) is 16.6 Å². The first kappa shape index (κ1) is 19.5. The number of aromatic nitrogens is 4. The summed E-state index contributed by atoms with van der Waals surface area (Å²) < 4.78 is 21.5. The van der Waals surface area contributed by atoms with E-state index in [1.807, 2.05) is 0 Å². The lowest BCUT2D eigenvalue weighted by atomic mass is 10.2. The van der Waals surface area contributed by atoms with E-state index in [0.717, 1.165) is 0 Å². The molecule has 4 rings (SSSR count). The Hall–Kier alpha value is -3.77. The van der Waals surface area contributed by atoms with Crippen molar-refractivity contribution in [2.24, 2.45) is 12.1 Å². The molecule has 0 saturated carbocycles. The van der Waals surface area contributed by atoms with Gasteiger partial charge in [0, 0.05) is 20.5 Å². The Labute approximate surface area is 170 Å². The van der Waals surface area contributed by atoms with Crippen LogP contribution in [-0.4, -0.2) is 70.8 Å². The Morgan fingerprint density at radius 1 is 1.37 bits per heavy atom. The zero-order chi connectivity index (χ0) is 21.3. The average molecular weight is 417 g/mol. The third-order valence-electron chi connectivity index (χ3n) is 4.72. The number of anilines is 3. The van der Waals surface area contributed by atoms with E-state index in [1.54, 1.807) is 29.1 Å². The van der Waals surface area contributed by atoms with Crippen LogP contribution in [0.2, 0.25) is 0 Å². The lowest BCUT2D eigenvalue weighted by Gasteiger charge is -2.29. The van der Waals surface area contributed by atoms with E-state index in [4.69, 9.17) is 4.74 Å². The van der Waals surface area contributed by atoms with E-state index < -0.39 is 18.0 Å². The Balaban J connectivity index is 1.44. The highest BCUT2D eigenvalue weighted by atomic mass is 19.1. The van der Waals surface area contributed by atoms with Gasteiger partial charge < -0.3 is 15.0 Å². The molecule has 1 N–H and O–H groups in total. The van der Waals surface area contributed by atoms with Crippen molar-refractivity contribution >= 4 is 35.7 Å². The monoisotopic (exact) mass is 417 g/mol. The Kier molecular flexibility index (Phi) is 5.16. The van der Waals surface area contributed by atoms with Gasteiger partial charge in [0.05, 0.1) is 31.0 Å². The Morgan fingerprint density at radius 2 is 2.20 bits per heavy atom. The van der Waals surface area contributed by atoms with Crippen molar-refractivity contribution in [2.45, 2.75) is 13.0 Å². The molecule has 1 atom stereocenters. The number of rotatable bonds is 5. The molecular weight excluding hydrogens is 397 g/mol. The van der Waals surface area contributed by atoms with Gasteiger partial charge in [-0.2, -0.15) is 5.10 Å². The van der Waals surface area contributed by atoms with Gasteiger partial charge in [-0.15, -0.1) is 0 Å². The summed E-state index contributed by atoms with van der Waals surface area (Å²) in [5.41, 5.74) is 0.716. The van der Waals surface area contributed by atoms with Crippen LogP contribution in [0.15, 0.2) is 23.3 Å². The molecule has 2 aliphatic heterocycles. The van der Waals surface area contributed by atoms with Crippen LogP contribution >= 0.6 is 0 Å². The molecule has 13 heteroatoms. The van der Waals surface area contributed by atoms with Crippen LogP contribution in [0.1, 0.15) is 6.92 Å². The van der Waals surface area contributed by atoms with Crippen molar-refractivity contribution in [3.05, 3.63) is 24.0 Å². The fourth-order valence-electron chi connectivity index (χ4n) is 3.21. The SMILES string of the molecule is CC(=O)NCC1CN(c2ccc(N3C=NN(c4nnnn4C)CC3)c(F)c2)C(=O)O1. The van der Waals surface area contributed by atoms with Gasteiger partial charge in [0.2, 0.25) is 5.91 Å². The quantitative estimate of drug-likeness (QED) is 0.726. The maximum Gasteiger partial charge on any atom is 0.414 e. The zero-order valence-corrected chi connectivity index (χ0v) is 16.4. The number of ether oxygens (including phenoxy) is 1. The number of cyclic esters (lactones) is 1. The van der Waals surface area contributed by atoms with Crippen LogP contribution in [0, 0.1) is 5.82 Å². The molecule has 0 aliphatic carbocycles. The average Bonchev–Trinajstić information content (AvgIpc) is 3.32. The maximum atomic E-state index is 14.8. The number of halogens is 1. The summed E-state index contributed by atoms with van der Waals surface area (Å²) in [6, 6.07) is 4.52. The number of hydrazone groups is 1. The van der Waals surface area contributed by atoms with Crippen molar-refractivity contribution in [3.8, 4) is 0 Å². The molecule has 30 heavy (non-hydrogen) atoms. The second kappa shape index (κ2) is 7.93. The summed E-state index contributed by atoms with van der Waals surface area (Å²) >= 11 is 0. The molecule has 0 spiro atoms. The summed E-state index contributed by atoms with van der Waals surface area (Å²) in [6.07, 6.45) is 0.438. The molecule has 1 saturated heterocycles. The molecule has 12 nitrogen and oxygen atoms in total. The second-order valence-electron chi connectivity index (χ2n) is 6.84. The fourth-order valence-corrected chi connectivity index (χ4v) is 3.21. The number of hydrogen-bond acceptors (Lipinski definition) is 9. The first-order valence-electron chi connectivity index (χ1n) is 9.25. The van der Waals surface area contributed by atoms with E-state index in [-0.39, 0.29) is 19.0 Å². The van der Waals surface area contributed by atoms with E-state index in [9.17, 15) is 14.0 Å². The summed E-state index contributed by atoms with van der Waals surface area (Å²) in [5.74, 6) is -0.217. The molecule has 1 aromatic carbocycles. The summed E-state index contributed by atoms with van der Waals surface area (Å²) in [7, 11) is 1.71. The van der Waals surface area contributed by atoms with Gasteiger partial charge in [-0.3, -0.25) is 9.69 Å². The summed E-state index contributed by atoms with van der Waals surface area (Å²) in [5, 5.41) is 19.7. The molecule has 3 heterocycles. The van der Waals surface area contributed by atoms with Gasteiger partial charge in [0.1, 0.15) is 18.3 Å². The van der Waals surface area contributed by atoms with Crippen molar-refractivity contribution in [1.82, 2.24) is 25.5 Å². The van der Waals surface area contributed by atoms with Gasteiger partial charge >= 0.3 is 6.09 Å². The van der Waals surface area contributed by atoms with Gasteiger partial charge in [-0.05, 0) is 28.6 Å². The van der Waals surface area contributed by atoms with Gasteiger partial charge in [0.15, 0.2) is 0 Å². The van der Waals surface area contributed by atoms with E-state index in [0.29, 0.717) is 30.4 Å². The molecule has 0 radical (unpaired) electrons. The second-order valence-corrected chi connectivity index (χ2v) is 6.84. The zero-order valence-electron chi connectivity index (χ0n) is 16.4. The molecule has 158 valence electrons. The van der Waals surface area contributed by atoms with E-state index in [1.165, 1.54) is 28.9 Å². The van der Waals surface area contributed by atoms with Crippen LogP contribution in [0.3, 0.4) is 0 Å². The van der Waals surface area contributed by atoms with Gasteiger partial charge in [0.25, 0.3) is 5.95 Å². The minimum Gasteiger partial charge on any atom is -0.442 e. The maximum absolute atomic E-state index is 14.8. The van der Waals surface area contributed by atoms with E-state index >= 15 is 0 Å². The minimum atomic E-state index is -0.579. The molecule has 2 amide bonds. The normalized spacial score (nSPS) is 18.7. The number of benzene rings is 1. The number of hydrogen-bond donors (Lipinski definition) is 1. The predicted octanol–water partition coefficient (Wildman–Crippen LogP) is 0.0804. The number of nitrogens with zero attached hydrogens (tertiary/aromatic N) is 8. The third-order valence-corrected chi connectivity index (χ3v) is 4.72. The topological polar surface area (TPSA) is 121 Å². The van der Waals surface area contributed by atoms with Crippen LogP contribution in [0.25, 0.3) is 0 Å². The smallest absolute Gasteiger partial charge is 0.414 e. The number of nitrogens with one attached hydrogen (secondary N) is 1. The van der Waals surface area contributed by atoms with Crippen molar-refractivity contribution in [2.75, 3.05) is 41.0 Å². The highest BCUT2D eigenvalue weighted by Crippen LogP contribution is 2.28. The lowest BCUT2D eigenvalue weighted by Crippen LogP contribution is -2.39. The fraction of sp³-hybridized carbons (Fsp3) is 0.412. The molecule has 0 bridgehead atoms. The van der Waals surface area contributed by atoms with Crippen LogP contribution in [0.5, 0.6) is 0 Å². The van der Waals surface area contributed by atoms with Gasteiger partial charge in [-0.25, -0.2) is 18.9 Å². The van der Waals surface area contributed by atoms with Crippen LogP contribution in [0.4, 0.5) is 26.5 Å². The highest BCUT2D eigenvalue weighted by molar-refractivity contribution is 5.90.